The lowest BCUT2D eigenvalue weighted by Crippen LogP contribution is -2.45. The Hall–Kier alpha value is -0.610. The van der Waals surface area contributed by atoms with Gasteiger partial charge in [0.2, 0.25) is 5.91 Å². The number of carbonyl (C=O) groups excluding carboxylic acids is 1. The zero-order chi connectivity index (χ0) is 12.8. The maximum atomic E-state index is 12.2. The van der Waals surface area contributed by atoms with Gasteiger partial charge >= 0.3 is 0 Å². The number of hydrogen-bond donors (Lipinski definition) is 2. The number of amides is 1. The first kappa shape index (κ1) is 14.5. The minimum Gasteiger partial charge on any atom is -0.396 e. The van der Waals surface area contributed by atoms with Gasteiger partial charge in [0.1, 0.15) is 0 Å². The minimum absolute atomic E-state index is 0.00473. The molecule has 0 aromatic heterocycles. The summed E-state index contributed by atoms with van der Waals surface area (Å²) in [5, 5.41) is 12.4. The molecule has 0 bridgehead atoms. The highest BCUT2D eigenvalue weighted by Crippen LogP contribution is 2.21. The first-order chi connectivity index (χ1) is 8.11. The average Bonchev–Trinajstić information content (AvgIpc) is 2.64. The summed E-state index contributed by atoms with van der Waals surface area (Å²) < 4.78 is 0. The van der Waals surface area contributed by atoms with Crippen LogP contribution in [0.1, 0.15) is 40.0 Å². The number of hydrogen-bond acceptors (Lipinski definition) is 3. The van der Waals surface area contributed by atoms with Crippen LogP contribution in [-0.4, -0.2) is 47.7 Å². The maximum Gasteiger partial charge on any atom is 0.240 e. The molecule has 2 atom stereocenters. The Kier molecular flexibility index (Phi) is 5.92. The van der Waals surface area contributed by atoms with E-state index in [-0.39, 0.29) is 24.6 Å². The largest absolute Gasteiger partial charge is 0.396 e. The third kappa shape index (κ3) is 3.68. The highest BCUT2D eigenvalue weighted by Gasteiger charge is 2.36. The molecule has 0 aliphatic carbocycles. The Labute approximate surface area is 104 Å². The Morgan fingerprint density at radius 3 is 2.76 bits per heavy atom. The molecule has 1 aliphatic heterocycles. The molecule has 0 spiro atoms. The van der Waals surface area contributed by atoms with Crippen molar-refractivity contribution in [2.24, 2.45) is 5.92 Å². The standard InChI is InChI=1S/C13H26N2O2/c1-4-7-14-11-5-8-15(13(11)17)12(6-9-16)10(2)3/h10-12,14,16H,4-9H2,1-3H3. The van der Waals surface area contributed by atoms with E-state index < -0.39 is 0 Å². The third-order valence-corrected chi connectivity index (χ3v) is 3.48. The van der Waals surface area contributed by atoms with Crippen LogP contribution in [0.4, 0.5) is 0 Å². The Morgan fingerprint density at radius 2 is 2.24 bits per heavy atom. The lowest BCUT2D eigenvalue weighted by Gasteiger charge is -2.31. The zero-order valence-electron chi connectivity index (χ0n) is 11.3. The van der Waals surface area contributed by atoms with Gasteiger partial charge in [-0.1, -0.05) is 20.8 Å². The molecule has 0 aromatic rings. The molecule has 2 N–H and O–H groups in total. The maximum absolute atomic E-state index is 12.2. The predicted molar refractivity (Wildman–Crippen MR) is 68.7 cm³/mol. The number of aliphatic hydroxyl groups excluding tert-OH is 1. The van der Waals surface area contributed by atoms with E-state index in [0.717, 1.165) is 25.9 Å². The van der Waals surface area contributed by atoms with Crippen molar-refractivity contribution in [1.82, 2.24) is 10.2 Å². The molecule has 1 fully saturated rings. The summed E-state index contributed by atoms with van der Waals surface area (Å²) >= 11 is 0. The van der Waals surface area contributed by atoms with E-state index in [2.05, 4.69) is 26.1 Å². The van der Waals surface area contributed by atoms with Gasteiger partial charge in [-0.15, -0.1) is 0 Å². The minimum atomic E-state index is -0.00473. The van der Waals surface area contributed by atoms with Crippen LogP contribution in [-0.2, 0) is 4.79 Å². The number of carbonyl (C=O) groups is 1. The number of rotatable bonds is 7. The van der Waals surface area contributed by atoms with Crippen LogP contribution in [0.3, 0.4) is 0 Å². The van der Waals surface area contributed by atoms with Crippen molar-refractivity contribution in [3.05, 3.63) is 0 Å². The highest BCUT2D eigenvalue weighted by molar-refractivity contribution is 5.84. The van der Waals surface area contributed by atoms with Gasteiger partial charge < -0.3 is 15.3 Å². The average molecular weight is 242 g/mol. The summed E-state index contributed by atoms with van der Waals surface area (Å²) in [7, 11) is 0. The van der Waals surface area contributed by atoms with Crippen LogP contribution >= 0.6 is 0 Å². The van der Waals surface area contributed by atoms with Crippen molar-refractivity contribution < 1.29 is 9.90 Å². The van der Waals surface area contributed by atoms with Gasteiger partial charge in [0.15, 0.2) is 0 Å². The summed E-state index contributed by atoms with van der Waals surface area (Å²) in [4.78, 5) is 14.2. The van der Waals surface area contributed by atoms with Gasteiger partial charge in [-0.25, -0.2) is 0 Å². The fraction of sp³-hybridized carbons (Fsp3) is 0.923. The molecule has 1 heterocycles. The topological polar surface area (TPSA) is 52.6 Å². The lowest BCUT2D eigenvalue weighted by atomic mass is 10.00. The summed E-state index contributed by atoms with van der Waals surface area (Å²) in [5.74, 6) is 0.613. The van der Waals surface area contributed by atoms with Crippen LogP contribution < -0.4 is 5.32 Å². The molecular formula is C13H26N2O2. The molecule has 100 valence electrons. The molecule has 1 amide bonds. The van der Waals surface area contributed by atoms with Crippen LogP contribution in [0.25, 0.3) is 0 Å². The number of nitrogens with one attached hydrogen (secondary N) is 1. The van der Waals surface area contributed by atoms with Crippen LogP contribution in [0.2, 0.25) is 0 Å². The van der Waals surface area contributed by atoms with Crippen molar-refractivity contribution in [1.29, 1.82) is 0 Å². The van der Waals surface area contributed by atoms with Crippen molar-refractivity contribution >= 4 is 5.91 Å². The number of likely N-dealkylation sites (tertiary alicyclic amines) is 1. The van der Waals surface area contributed by atoms with Crippen molar-refractivity contribution in [2.75, 3.05) is 19.7 Å². The normalized spacial score (nSPS) is 22.5. The van der Waals surface area contributed by atoms with Crippen LogP contribution in [0, 0.1) is 5.92 Å². The predicted octanol–water partition coefficient (Wildman–Crippen LogP) is 0.994. The molecule has 0 saturated carbocycles. The second kappa shape index (κ2) is 6.97. The van der Waals surface area contributed by atoms with Gasteiger partial charge in [0.25, 0.3) is 0 Å². The van der Waals surface area contributed by atoms with Crippen LogP contribution in [0.5, 0.6) is 0 Å². The van der Waals surface area contributed by atoms with E-state index in [1.165, 1.54) is 0 Å². The van der Waals surface area contributed by atoms with Gasteiger partial charge in [0, 0.05) is 19.2 Å². The molecule has 17 heavy (non-hydrogen) atoms. The van der Waals surface area contributed by atoms with Crippen molar-refractivity contribution in [3.63, 3.8) is 0 Å². The number of nitrogens with zero attached hydrogens (tertiary/aromatic N) is 1. The molecule has 1 saturated heterocycles. The van der Waals surface area contributed by atoms with Gasteiger partial charge in [-0.2, -0.15) is 0 Å². The molecule has 2 unspecified atom stereocenters. The van der Waals surface area contributed by atoms with E-state index in [4.69, 9.17) is 5.11 Å². The summed E-state index contributed by atoms with van der Waals surface area (Å²) in [6, 6.07) is 0.177. The molecule has 4 heteroatoms. The Balaban J connectivity index is 2.57. The molecule has 0 aromatic carbocycles. The smallest absolute Gasteiger partial charge is 0.240 e. The molecule has 4 nitrogen and oxygen atoms in total. The van der Waals surface area contributed by atoms with E-state index in [0.29, 0.717) is 12.3 Å². The van der Waals surface area contributed by atoms with E-state index in [1.807, 2.05) is 4.90 Å². The molecule has 0 radical (unpaired) electrons. The molecule has 1 rings (SSSR count). The Morgan fingerprint density at radius 1 is 1.53 bits per heavy atom. The summed E-state index contributed by atoms with van der Waals surface area (Å²) in [5.41, 5.74) is 0. The fourth-order valence-electron chi connectivity index (χ4n) is 2.52. The van der Waals surface area contributed by atoms with E-state index >= 15 is 0 Å². The SMILES string of the molecule is CCCNC1CCN(C(CCO)C(C)C)C1=O. The zero-order valence-corrected chi connectivity index (χ0v) is 11.3. The lowest BCUT2D eigenvalue weighted by molar-refractivity contribution is -0.132. The van der Waals surface area contributed by atoms with Crippen LogP contribution in [0.15, 0.2) is 0 Å². The van der Waals surface area contributed by atoms with E-state index in [9.17, 15) is 4.79 Å². The second-order valence-electron chi connectivity index (χ2n) is 5.15. The van der Waals surface area contributed by atoms with Gasteiger partial charge in [-0.3, -0.25) is 4.79 Å². The van der Waals surface area contributed by atoms with E-state index in [1.54, 1.807) is 0 Å². The summed E-state index contributed by atoms with van der Waals surface area (Å²) in [6.45, 7) is 8.20. The first-order valence-electron chi connectivity index (χ1n) is 6.76. The molecule has 1 aliphatic rings. The monoisotopic (exact) mass is 242 g/mol. The van der Waals surface area contributed by atoms with Gasteiger partial charge in [0.05, 0.1) is 6.04 Å². The summed E-state index contributed by atoms with van der Waals surface area (Å²) in [6.07, 6.45) is 2.63. The Bertz CT molecular complexity index is 244. The van der Waals surface area contributed by atoms with Crippen molar-refractivity contribution in [2.45, 2.75) is 52.1 Å². The molecular weight excluding hydrogens is 216 g/mol. The van der Waals surface area contributed by atoms with Crippen molar-refractivity contribution in [3.8, 4) is 0 Å². The third-order valence-electron chi connectivity index (χ3n) is 3.48. The van der Waals surface area contributed by atoms with Gasteiger partial charge in [-0.05, 0) is 31.7 Å². The quantitative estimate of drug-likeness (QED) is 0.700. The highest BCUT2D eigenvalue weighted by atomic mass is 16.3. The fourth-order valence-corrected chi connectivity index (χ4v) is 2.52. The number of aliphatic hydroxyl groups is 1. The first-order valence-corrected chi connectivity index (χ1v) is 6.76. The second-order valence-corrected chi connectivity index (χ2v) is 5.15.